The number of benzene rings is 1. The normalized spacial score (nSPS) is 11.0. The van der Waals surface area contributed by atoms with E-state index in [1.807, 2.05) is 24.3 Å². The monoisotopic (exact) mass is 322 g/mol. The molecule has 2 heterocycles. The van der Waals surface area contributed by atoms with Crippen molar-refractivity contribution in [3.63, 3.8) is 0 Å². The fraction of sp³-hybridized carbons (Fsp3) is 0. The van der Waals surface area contributed by atoms with Crippen molar-refractivity contribution in [3.05, 3.63) is 46.0 Å². The van der Waals surface area contributed by atoms with Crippen LogP contribution in [0.25, 0.3) is 17.0 Å². The summed E-state index contributed by atoms with van der Waals surface area (Å²) in [4.78, 5) is 0. The summed E-state index contributed by atoms with van der Waals surface area (Å²) >= 11 is 9.44. The van der Waals surface area contributed by atoms with Gasteiger partial charge in [0.25, 0.3) is 0 Å². The van der Waals surface area contributed by atoms with Crippen LogP contribution in [0.3, 0.4) is 0 Å². The molecule has 2 aromatic heterocycles. The summed E-state index contributed by atoms with van der Waals surface area (Å²) in [5, 5.41) is 8.79. The highest BCUT2D eigenvalue weighted by Crippen LogP contribution is 2.25. The fourth-order valence-corrected chi connectivity index (χ4v) is 2.42. The Labute approximate surface area is 117 Å². The molecule has 0 saturated heterocycles. The average Bonchev–Trinajstić information content (AvgIpc) is 2.72. The van der Waals surface area contributed by atoms with E-state index in [9.17, 15) is 0 Å². The molecule has 0 aliphatic carbocycles. The quantitative estimate of drug-likeness (QED) is 0.747. The van der Waals surface area contributed by atoms with Gasteiger partial charge in [0.2, 0.25) is 0 Å². The van der Waals surface area contributed by atoms with Crippen LogP contribution < -0.4 is 5.73 Å². The molecule has 0 amide bonds. The van der Waals surface area contributed by atoms with E-state index in [-0.39, 0.29) is 0 Å². The summed E-state index contributed by atoms with van der Waals surface area (Å²) in [6, 6.07) is 9.48. The number of aromatic nitrogens is 3. The molecule has 0 bridgehead atoms. The van der Waals surface area contributed by atoms with Crippen LogP contribution in [0.15, 0.2) is 41.0 Å². The first-order chi connectivity index (χ1) is 8.65. The highest BCUT2D eigenvalue weighted by Gasteiger charge is 2.11. The third-order valence-electron chi connectivity index (χ3n) is 2.58. The number of rotatable bonds is 1. The number of nitrogens with zero attached hydrogens (tertiary/aromatic N) is 3. The van der Waals surface area contributed by atoms with Crippen molar-refractivity contribution in [1.82, 2.24) is 14.6 Å². The van der Waals surface area contributed by atoms with Crippen LogP contribution in [0.1, 0.15) is 0 Å². The lowest BCUT2D eigenvalue weighted by atomic mass is 10.2. The second kappa shape index (κ2) is 4.26. The van der Waals surface area contributed by atoms with Crippen molar-refractivity contribution in [1.29, 1.82) is 0 Å². The van der Waals surface area contributed by atoms with Crippen LogP contribution in [0.5, 0.6) is 0 Å². The predicted molar refractivity (Wildman–Crippen MR) is 75.5 cm³/mol. The fourth-order valence-electron chi connectivity index (χ4n) is 1.81. The van der Waals surface area contributed by atoms with Crippen molar-refractivity contribution in [3.8, 4) is 11.4 Å². The van der Waals surface area contributed by atoms with Gasteiger partial charge in [0.05, 0.1) is 10.7 Å². The lowest BCUT2D eigenvalue weighted by molar-refractivity contribution is 1.11. The van der Waals surface area contributed by atoms with Gasteiger partial charge in [-0.2, -0.15) is 0 Å². The molecule has 2 N–H and O–H groups in total. The molecule has 0 fully saturated rings. The first-order valence-electron chi connectivity index (χ1n) is 5.21. The first-order valence-corrected chi connectivity index (χ1v) is 6.38. The molecule has 1 aromatic carbocycles. The summed E-state index contributed by atoms with van der Waals surface area (Å²) < 4.78 is 2.77. The Bertz CT molecular complexity index is 738. The average molecular weight is 324 g/mol. The number of hydrogen-bond donors (Lipinski definition) is 1. The van der Waals surface area contributed by atoms with Crippen LogP contribution in [0.4, 0.5) is 5.69 Å². The molecule has 6 heteroatoms. The highest BCUT2D eigenvalue weighted by molar-refractivity contribution is 9.10. The van der Waals surface area contributed by atoms with Gasteiger partial charge in [-0.3, -0.25) is 4.40 Å². The Morgan fingerprint density at radius 2 is 2.06 bits per heavy atom. The van der Waals surface area contributed by atoms with Gasteiger partial charge in [-0.05, 0) is 18.2 Å². The molecule has 0 aliphatic heterocycles. The topological polar surface area (TPSA) is 56.2 Å². The van der Waals surface area contributed by atoms with Crippen LogP contribution >= 0.6 is 27.5 Å². The van der Waals surface area contributed by atoms with Gasteiger partial charge in [0, 0.05) is 16.2 Å². The van der Waals surface area contributed by atoms with E-state index in [1.54, 1.807) is 16.7 Å². The van der Waals surface area contributed by atoms with Gasteiger partial charge in [-0.25, -0.2) is 0 Å². The van der Waals surface area contributed by atoms with Gasteiger partial charge in [0.15, 0.2) is 11.5 Å². The summed E-state index contributed by atoms with van der Waals surface area (Å²) in [5.74, 6) is 0.709. The predicted octanol–water partition coefficient (Wildman–Crippen LogP) is 3.39. The summed E-state index contributed by atoms with van der Waals surface area (Å²) in [6.45, 7) is 0. The zero-order valence-electron chi connectivity index (χ0n) is 9.14. The Morgan fingerprint density at radius 3 is 2.83 bits per heavy atom. The van der Waals surface area contributed by atoms with Crippen molar-refractivity contribution < 1.29 is 0 Å². The molecule has 18 heavy (non-hydrogen) atoms. The van der Waals surface area contributed by atoms with E-state index in [4.69, 9.17) is 17.3 Å². The standard InChI is InChI=1S/C12H8BrClN4/c13-8-3-1-2-7(4-8)11-16-17-12-10(15)5-9(14)6-18(11)12/h1-6H,15H2. The molecular weight excluding hydrogens is 316 g/mol. The summed E-state index contributed by atoms with van der Waals surface area (Å²) in [6.07, 6.45) is 1.75. The van der Waals surface area contributed by atoms with E-state index >= 15 is 0 Å². The van der Waals surface area contributed by atoms with Crippen LogP contribution in [0, 0.1) is 0 Å². The van der Waals surface area contributed by atoms with E-state index in [2.05, 4.69) is 26.1 Å². The number of nitrogen functional groups attached to an aromatic ring is 1. The van der Waals surface area contributed by atoms with Gasteiger partial charge in [0.1, 0.15) is 0 Å². The smallest absolute Gasteiger partial charge is 0.184 e. The number of hydrogen-bond acceptors (Lipinski definition) is 3. The van der Waals surface area contributed by atoms with Gasteiger partial charge in [-0.1, -0.05) is 39.7 Å². The highest BCUT2D eigenvalue weighted by atomic mass is 79.9. The molecule has 4 nitrogen and oxygen atoms in total. The van der Waals surface area contributed by atoms with Crippen molar-refractivity contribution in [2.45, 2.75) is 0 Å². The third kappa shape index (κ3) is 1.85. The lowest BCUT2D eigenvalue weighted by Crippen LogP contribution is -1.94. The number of nitrogens with two attached hydrogens (primary N) is 1. The Morgan fingerprint density at radius 1 is 1.22 bits per heavy atom. The second-order valence-electron chi connectivity index (χ2n) is 3.84. The van der Waals surface area contributed by atoms with E-state index in [0.29, 0.717) is 22.2 Å². The maximum Gasteiger partial charge on any atom is 0.184 e. The molecule has 0 spiro atoms. The van der Waals surface area contributed by atoms with Crippen molar-refractivity contribution >= 4 is 38.9 Å². The summed E-state index contributed by atoms with van der Waals surface area (Å²) in [7, 11) is 0. The first kappa shape index (κ1) is 11.5. The van der Waals surface area contributed by atoms with Crippen LogP contribution in [-0.4, -0.2) is 14.6 Å². The molecule has 0 aliphatic rings. The minimum Gasteiger partial charge on any atom is -0.396 e. The largest absolute Gasteiger partial charge is 0.396 e. The lowest BCUT2D eigenvalue weighted by Gasteiger charge is -2.02. The van der Waals surface area contributed by atoms with E-state index < -0.39 is 0 Å². The maximum absolute atomic E-state index is 6.01. The Hall–Kier alpha value is -1.59. The Balaban J connectivity index is 2.30. The number of anilines is 1. The molecule has 0 unspecified atom stereocenters. The number of halogens is 2. The molecule has 3 rings (SSSR count). The van der Waals surface area contributed by atoms with E-state index in [0.717, 1.165) is 10.0 Å². The van der Waals surface area contributed by atoms with E-state index in [1.165, 1.54) is 0 Å². The van der Waals surface area contributed by atoms with Crippen LogP contribution in [0.2, 0.25) is 5.02 Å². The molecule has 0 saturated carbocycles. The number of pyridine rings is 1. The van der Waals surface area contributed by atoms with Gasteiger partial charge < -0.3 is 5.73 Å². The minimum atomic E-state index is 0.510. The zero-order chi connectivity index (χ0) is 12.7. The van der Waals surface area contributed by atoms with Crippen molar-refractivity contribution in [2.75, 3.05) is 5.73 Å². The molecule has 3 aromatic rings. The van der Waals surface area contributed by atoms with Gasteiger partial charge >= 0.3 is 0 Å². The second-order valence-corrected chi connectivity index (χ2v) is 5.19. The molecular formula is C12H8BrClN4. The van der Waals surface area contributed by atoms with Crippen molar-refractivity contribution in [2.24, 2.45) is 0 Å². The maximum atomic E-state index is 6.01. The minimum absolute atomic E-state index is 0.510. The molecule has 90 valence electrons. The summed E-state index contributed by atoms with van der Waals surface area (Å²) in [5.41, 5.74) is 7.92. The Kier molecular flexibility index (Phi) is 2.72. The third-order valence-corrected chi connectivity index (χ3v) is 3.28. The SMILES string of the molecule is Nc1cc(Cl)cn2c(-c3cccc(Br)c3)nnc12. The zero-order valence-corrected chi connectivity index (χ0v) is 11.5. The molecule has 0 atom stereocenters. The van der Waals surface area contributed by atoms with Gasteiger partial charge in [-0.15, -0.1) is 10.2 Å². The molecule has 0 radical (unpaired) electrons. The number of fused-ring (bicyclic) bond motifs is 1. The van der Waals surface area contributed by atoms with Crippen LogP contribution in [-0.2, 0) is 0 Å².